The van der Waals surface area contributed by atoms with Crippen molar-refractivity contribution in [2.45, 2.75) is 13.5 Å². The molecule has 0 unspecified atom stereocenters. The van der Waals surface area contributed by atoms with Gasteiger partial charge in [0.25, 0.3) is 5.91 Å². The van der Waals surface area contributed by atoms with E-state index in [9.17, 15) is 9.18 Å². The minimum atomic E-state index is -0.332. The van der Waals surface area contributed by atoms with E-state index in [2.05, 4.69) is 21.2 Å². The minimum Gasteiger partial charge on any atom is -0.348 e. The normalized spacial score (nSPS) is 10.3. The largest absolute Gasteiger partial charge is 0.348 e. The van der Waals surface area contributed by atoms with Crippen molar-refractivity contribution in [3.05, 3.63) is 69.4 Å². The zero-order valence-electron chi connectivity index (χ0n) is 10.4. The lowest BCUT2D eigenvalue weighted by atomic mass is 10.1. The second kappa shape index (κ2) is 5.97. The van der Waals surface area contributed by atoms with Crippen LogP contribution in [0.3, 0.4) is 0 Å². The van der Waals surface area contributed by atoms with Gasteiger partial charge in [0.05, 0.1) is 0 Å². The molecule has 0 heterocycles. The third kappa shape index (κ3) is 3.64. The highest BCUT2D eigenvalue weighted by Crippen LogP contribution is 2.12. The molecule has 2 aromatic rings. The standard InChI is InChI=1S/C15H13BrFNO/c1-10-8-13(17)6-7-14(10)15(19)18-9-11-2-4-12(16)5-3-11/h2-8H,9H2,1H3,(H,18,19). The zero-order chi connectivity index (χ0) is 13.8. The molecule has 0 aliphatic heterocycles. The van der Waals surface area contributed by atoms with Gasteiger partial charge < -0.3 is 5.32 Å². The topological polar surface area (TPSA) is 29.1 Å². The first-order valence-electron chi connectivity index (χ1n) is 5.85. The third-order valence-corrected chi connectivity index (χ3v) is 3.33. The molecule has 0 aliphatic rings. The summed E-state index contributed by atoms with van der Waals surface area (Å²) in [5.41, 5.74) is 2.14. The number of amides is 1. The molecular weight excluding hydrogens is 309 g/mol. The maximum atomic E-state index is 13.0. The molecule has 2 aromatic carbocycles. The lowest BCUT2D eigenvalue weighted by Gasteiger charge is -2.08. The van der Waals surface area contributed by atoms with E-state index in [1.807, 2.05) is 24.3 Å². The molecule has 0 atom stereocenters. The van der Waals surface area contributed by atoms with Crippen molar-refractivity contribution in [3.8, 4) is 0 Å². The van der Waals surface area contributed by atoms with E-state index in [0.29, 0.717) is 17.7 Å². The van der Waals surface area contributed by atoms with Crippen molar-refractivity contribution >= 4 is 21.8 Å². The number of benzene rings is 2. The minimum absolute atomic E-state index is 0.194. The van der Waals surface area contributed by atoms with Gasteiger partial charge in [-0.3, -0.25) is 4.79 Å². The van der Waals surface area contributed by atoms with Crippen molar-refractivity contribution in [1.82, 2.24) is 5.32 Å². The highest BCUT2D eigenvalue weighted by atomic mass is 79.9. The number of carbonyl (C=O) groups is 1. The van der Waals surface area contributed by atoms with Crippen LogP contribution in [0.15, 0.2) is 46.9 Å². The Morgan fingerprint density at radius 3 is 2.53 bits per heavy atom. The number of halogens is 2. The smallest absolute Gasteiger partial charge is 0.251 e. The molecule has 0 saturated heterocycles. The summed E-state index contributed by atoms with van der Waals surface area (Å²) in [4.78, 5) is 12.0. The molecule has 1 amide bonds. The summed E-state index contributed by atoms with van der Waals surface area (Å²) in [5.74, 6) is -0.526. The fourth-order valence-corrected chi connectivity index (χ4v) is 2.03. The highest BCUT2D eigenvalue weighted by Gasteiger charge is 2.09. The van der Waals surface area contributed by atoms with Crippen LogP contribution in [0, 0.1) is 12.7 Å². The van der Waals surface area contributed by atoms with Crippen LogP contribution in [0.1, 0.15) is 21.5 Å². The highest BCUT2D eigenvalue weighted by molar-refractivity contribution is 9.10. The molecular formula is C15H13BrFNO. The van der Waals surface area contributed by atoms with E-state index in [0.717, 1.165) is 10.0 Å². The number of carbonyl (C=O) groups excluding carboxylic acids is 1. The second-order valence-electron chi connectivity index (χ2n) is 4.27. The Balaban J connectivity index is 2.03. The van der Waals surface area contributed by atoms with Gasteiger partial charge in [0.1, 0.15) is 5.82 Å². The number of hydrogen-bond acceptors (Lipinski definition) is 1. The summed E-state index contributed by atoms with van der Waals surface area (Å²) in [6.07, 6.45) is 0. The molecule has 2 nitrogen and oxygen atoms in total. The molecule has 0 bridgehead atoms. The van der Waals surface area contributed by atoms with Gasteiger partial charge in [-0.1, -0.05) is 28.1 Å². The van der Waals surface area contributed by atoms with Crippen LogP contribution in [0.25, 0.3) is 0 Å². The molecule has 0 radical (unpaired) electrons. The van der Waals surface area contributed by atoms with E-state index in [-0.39, 0.29) is 11.7 Å². The zero-order valence-corrected chi connectivity index (χ0v) is 12.0. The average molecular weight is 322 g/mol. The van der Waals surface area contributed by atoms with Crippen molar-refractivity contribution < 1.29 is 9.18 Å². The molecule has 4 heteroatoms. The Bertz CT molecular complexity index is 596. The van der Waals surface area contributed by atoms with E-state index in [1.54, 1.807) is 6.92 Å². The average Bonchev–Trinajstić information content (AvgIpc) is 2.37. The summed E-state index contributed by atoms with van der Waals surface area (Å²) in [7, 11) is 0. The van der Waals surface area contributed by atoms with Gasteiger partial charge in [0, 0.05) is 16.6 Å². The quantitative estimate of drug-likeness (QED) is 0.914. The van der Waals surface area contributed by atoms with Crippen molar-refractivity contribution in [3.63, 3.8) is 0 Å². The van der Waals surface area contributed by atoms with Gasteiger partial charge in [-0.2, -0.15) is 0 Å². The van der Waals surface area contributed by atoms with Crippen LogP contribution < -0.4 is 5.32 Å². The summed E-state index contributed by atoms with van der Waals surface area (Å²) in [6.45, 7) is 2.17. The lowest BCUT2D eigenvalue weighted by Crippen LogP contribution is -2.23. The Morgan fingerprint density at radius 2 is 1.89 bits per heavy atom. The first-order valence-corrected chi connectivity index (χ1v) is 6.64. The monoisotopic (exact) mass is 321 g/mol. The van der Waals surface area contributed by atoms with Gasteiger partial charge in [0.15, 0.2) is 0 Å². The maximum Gasteiger partial charge on any atom is 0.251 e. The predicted octanol–water partition coefficient (Wildman–Crippen LogP) is 3.83. The molecule has 98 valence electrons. The van der Waals surface area contributed by atoms with Crippen LogP contribution in [0.4, 0.5) is 4.39 Å². The first kappa shape index (κ1) is 13.7. The van der Waals surface area contributed by atoms with E-state index in [1.165, 1.54) is 18.2 Å². The van der Waals surface area contributed by atoms with Crippen molar-refractivity contribution in [2.24, 2.45) is 0 Å². The molecule has 19 heavy (non-hydrogen) atoms. The predicted molar refractivity (Wildman–Crippen MR) is 76.4 cm³/mol. The number of rotatable bonds is 3. The molecule has 0 saturated carbocycles. The summed E-state index contributed by atoms with van der Waals surface area (Å²) < 4.78 is 14.0. The second-order valence-corrected chi connectivity index (χ2v) is 5.18. The Morgan fingerprint density at radius 1 is 1.21 bits per heavy atom. The molecule has 0 aliphatic carbocycles. The molecule has 0 aromatic heterocycles. The summed E-state index contributed by atoms with van der Waals surface area (Å²) >= 11 is 3.36. The van der Waals surface area contributed by atoms with Crippen LogP contribution >= 0.6 is 15.9 Å². The number of aryl methyl sites for hydroxylation is 1. The van der Waals surface area contributed by atoms with Crippen LogP contribution in [-0.4, -0.2) is 5.91 Å². The van der Waals surface area contributed by atoms with Gasteiger partial charge >= 0.3 is 0 Å². The van der Waals surface area contributed by atoms with Gasteiger partial charge in [0.2, 0.25) is 0 Å². The van der Waals surface area contributed by atoms with Crippen LogP contribution in [-0.2, 0) is 6.54 Å². The Labute approximate surface area is 119 Å². The molecule has 0 spiro atoms. The first-order chi connectivity index (χ1) is 9.06. The lowest BCUT2D eigenvalue weighted by molar-refractivity contribution is 0.0950. The van der Waals surface area contributed by atoms with Gasteiger partial charge in [-0.05, 0) is 48.4 Å². The number of hydrogen-bond donors (Lipinski definition) is 1. The van der Waals surface area contributed by atoms with E-state index < -0.39 is 0 Å². The fourth-order valence-electron chi connectivity index (χ4n) is 1.76. The van der Waals surface area contributed by atoms with Crippen LogP contribution in [0.5, 0.6) is 0 Å². The maximum absolute atomic E-state index is 13.0. The molecule has 2 rings (SSSR count). The Hall–Kier alpha value is -1.68. The molecule has 0 fully saturated rings. The SMILES string of the molecule is Cc1cc(F)ccc1C(=O)NCc1ccc(Br)cc1. The molecule has 1 N–H and O–H groups in total. The van der Waals surface area contributed by atoms with Gasteiger partial charge in [-0.25, -0.2) is 4.39 Å². The van der Waals surface area contributed by atoms with Crippen LogP contribution in [0.2, 0.25) is 0 Å². The van der Waals surface area contributed by atoms with Gasteiger partial charge in [-0.15, -0.1) is 0 Å². The van der Waals surface area contributed by atoms with E-state index >= 15 is 0 Å². The number of nitrogens with one attached hydrogen (secondary N) is 1. The third-order valence-electron chi connectivity index (χ3n) is 2.80. The Kier molecular flexibility index (Phi) is 4.32. The van der Waals surface area contributed by atoms with Crippen molar-refractivity contribution in [1.29, 1.82) is 0 Å². The summed E-state index contributed by atoms with van der Waals surface area (Å²) in [5, 5.41) is 2.82. The van der Waals surface area contributed by atoms with E-state index in [4.69, 9.17) is 0 Å². The summed E-state index contributed by atoms with van der Waals surface area (Å²) in [6, 6.07) is 11.9. The fraction of sp³-hybridized carbons (Fsp3) is 0.133. The van der Waals surface area contributed by atoms with Crippen molar-refractivity contribution in [2.75, 3.05) is 0 Å².